The number of aliphatic carboxylic acids is 1. The topological polar surface area (TPSA) is 107 Å². The van der Waals surface area contributed by atoms with Crippen LogP contribution in [-0.4, -0.2) is 50.8 Å². The van der Waals surface area contributed by atoms with Crippen molar-refractivity contribution in [3.8, 4) is 0 Å². The summed E-state index contributed by atoms with van der Waals surface area (Å²) in [6, 6.07) is 4.59. The maximum atomic E-state index is 12.2. The summed E-state index contributed by atoms with van der Waals surface area (Å²) in [5.41, 5.74) is -0.512. The van der Waals surface area contributed by atoms with E-state index in [0.717, 1.165) is 18.2 Å². The first-order valence-electron chi connectivity index (χ1n) is 6.21. The Morgan fingerprint density at radius 2 is 1.95 bits per heavy atom. The minimum Gasteiger partial charge on any atom is -0.479 e. The van der Waals surface area contributed by atoms with E-state index in [4.69, 9.17) is 5.11 Å². The van der Waals surface area contributed by atoms with Crippen molar-refractivity contribution in [1.82, 2.24) is 4.72 Å². The molecule has 118 valence electrons. The van der Waals surface area contributed by atoms with E-state index in [2.05, 4.69) is 4.72 Å². The first-order chi connectivity index (χ1) is 9.47. The van der Waals surface area contributed by atoms with Gasteiger partial charge in [-0.2, -0.15) is 0 Å². The lowest BCUT2D eigenvalue weighted by molar-refractivity contribution is -0.155. The molecule has 0 saturated heterocycles. The number of sulfonamides is 1. The summed E-state index contributed by atoms with van der Waals surface area (Å²) in [6.07, 6.45) is 0. The molecule has 0 amide bonds. The molecule has 0 aliphatic rings. The van der Waals surface area contributed by atoms with Crippen LogP contribution < -0.4 is 9.62 Å². The maximum absolute atomic E-state index is 12.2. The average molecular weight is 316 g/mol. The molecule has 1 unspecified atom stereocenters. The number of carboxylic acid groups (broad SMARTS) is 1. The Bertz CT molecular complexity index is 638. The normalized spacial score (nSPS) is 14.5. The maximum Gasteiger partial charge on any atom is 0.336 e. The number of hydrogen-bond acceptors (Lipinski definition) is 5. The van der Waals surface area contributed by atoms with Crippen molar-refractivity contribution in [1.29, 1.82) is 0 Å². The molecule has 1 aromatic rings. The summed E-state index contributed by atoms with van der Waals surface area (Å²) in [7, 11) is -0.314. The number of anilines is 1. The van der Waals surface area contributed by atoms with Crippen LogP contribution in [0, 0.1) is 6.92 Å². The molecule has 1 aromatic carbocycles. The van der Waals surface area contributed by atoms with E-state index in [0.29, 0.717) is 0 Å². The van der Waals surface area contributed by atoms with Gasteiger partial charge in [0.25, 0.3) is 0 Å². The van der Waals surface area contributed by atoms with Crippen molar-refractivity contribution in [2.75, 3.05) is 25.5 Å². The highest BCUT2D eigenvalue weighted by molar-refractivity contribution is 7.89. The fourth-order valence-corrected chi connectivity index (χ4v) is 2.78. The van der Waals surface area contributed by atoms with Gasteiger partial charge in [0, 0.05) is 19.8 Å². The minimum atomic E-state index is -3.90. The standard InChI is InChI=1S/C13H20N2O5S/c1-9-5-6-10(7-11(9)15(3)4)21(19,20)14-8-13(2,18)12(16)17/h5-7,14,18H,8H2,1-4H3,(H,16,17). The second kappa shape index (κ2) is 6.00. The Balaban J connectivity index is 3.04. The third kappa shape index (κ3) is 4.16. The van der Waals surface area contributed by atoms with E-state index < -0.39 is 28.1 Å². The third-order valence-electron chi connectivity index (χ3n) is 3.04. The number of hydrogen-bond donors (Lipinski definition) is 3. The predicted octanol–water partition coefficient (Wildman–Crippen LogP) is 0.175. The van der Waals surface area contributed by atoms with Crippen molar-refractivity contribution in [2.45, 2.75) is 24.3 Å². The zero-order valence-electron chi connectivity index (χ0n) is 12.4. The molecular formula is C13H20N2O5S. The van der Waals surface area contributed by atoms with E-state index in [-0.39, 0.29) is 4.90 Å². The van der Waals surface area contributed by atoms with E-state index in [9.17, 15) is 18.3 Å². The number of rotatable bonds is 6. The number of nitrogens with zero attached hydrogens (tertiary/aromatic N) is 1. The zero-order valence-corrected chi connectivity index (χ0v) is 13.2. The summed E-state index contributed by atoms with van der Waals surface area (Å²) >= 11 is 0. The number of aryl methyl sites for hydroxylation is 1. The van der Waals surface area contributed by atoms with Crippen LogP contribution in [-0.2, 0) is 14.8 Å². The smallest absolute Gasteiger partial charge is 0.336 e. The van der Waals surface area contributed by atoms with Crippen LogP contribution in [0.3, 0.4) is 0 Å². The lowest BCUT2D eigenvalue weighted by Crippen LogP contribution is -2.46. The zero-order chi connectivity index (χ0) is 16.4. The molecule has 0 fully saturated rings. The molecule has 0 spiro atoms. The molecule has 0 aromatic heterocycles. The van der Waals surface area contributed by atoms with Gasteiger partial charge in [0.15, 0.2) is 5.60 Å². The van der Waals surface area contributed by atoms with E-state index >= 15 is 0 Å². The fourth-order valence-electron chi connectivity index (χ4n) is 1.63. The molecule has 0 radical (unpaired) electrons. The Kier molecular flexibility index (Phi) is 4.98. The predicted molar refractivity (Wildman–Crippen MR) is 79.0 cm³/mol. The van der Waals surface area contributed by atoms with Crippen LogP contribution in [0.2, 0.25) is 0 Å². The van der Waals surface area contributed by atoms with E-state index in [1.54, 1.807) is 25.1 Å². The van der Waals surface area contributed by atoms with E-state index in [1.165, 1.54) is 12.1 Å². The second-order valence-corrected chi connectivity index (χ2v) is 7.01. The second-order valence-electron chi connectivity index (χ2n) is 5.25. The van der Waals surface area contributed by atoms with Crippen LogP contribution in [0.25, 0.3) is 0 Å². The molecule has 7 nitrogen and oxygen atoms in total. The fraction of sp³-hybridized carbons (Fsp3) is 0.462. The van der Waals surface area contributed by atoms with Gasteiger partial charge >= 0.3 is 5.97 Å². The summed E-state index contributed by atoms with van der Waals surface area (Å²) in [5.74, 6) is -1.50. The number of benzene rings is 1. The highest BCUT2D eigenvalue weighted by Crippen LogP contribution is 2.22. The van der Waals surface area contributed by atoms with Gasteiger partial charge in [-0.3, -0.25) is 0 Å². The van der Waals surface area contributed by atoms with Crippen molar-refractivity contribution >= 4 is 21.7 Å². The molecule has 0 aliphatic heterocycles. The highest BCUT2D eigenvalue weighted by Gasteiger charge is 2.31. The van der Waals surface area contributed by atoms with Gasteiger partial charge in [0.1, 0.15) is 0 Å². The van der Waals surface area contributed by atoms with Crippen molar-refractivity contribution in [2.24, 2.45) is 0 Å². The third-order valence-corrected chi connectivity index (χ3v) is 4.44. The Hall–Kier alpha value is -1.64. The van der Waals surface area contributed by atoms with Crippen LogP contribution >= 0.6 is 0 Å². The molecular weight excluding hydrogens is 296 g/mol. The number of aliphatic hydroxyl groups is 1. The quantitative estimate of drug-likeness (QED) is 0.691. The largest absolute Gasteiger partial charge is 0.479 e. The van der Waals surface area contributed by atoms with Gasteiger partial charge in [0.2, 0.25) is 10.0 Å². The van der Waals surface area contributed by atoms with Gasteiger partial charge in [0.05, 0.1) is 11.4 Å². The molecule has 0 saturated carbocycles. The summed E-state index contributed by atoms with van der Waals surface area (Å²) < 4.78 is 26.4. The van der Waals surface area contributed by atoms with Gasteiger partial charge in [-0.25, -0.2) is 17.9 Å². The molecule has 3 N–H and O–H groups in total. The van der Waals surface area contributed by atoms with Crippen molar-refractivity contribution in [3.05, 3.63) is 23.8 Å². The molecule has 1 atom stereocenters. The number of carbonyl (C=O) groups is 1. The SMILES string of the molecule is Cc1ccc(S(=O)(=O)NCC(C)(O)C(=O)O)cc1N(C)C. The van der Waals surface area contributed by atoms with Gasteiger partial charge in [-0.15, -0.1) is 0 Å². The minimum absolute atomic E-state index is 0.0120. The lowest BCUT2D eigenvalue weighted by Gasteiger charge is -2.20. The van der Waals surface area contributed by atoms with Crippen LogP contribution in [0.15, 0.2) is 23.1 Å². The first-order valence-corrected chi connectivity index (χ1v) is 7.69. The van der Waals surface area contributed by atoms with Gasteiger partial charge in [-0.1, -0.05) is 6.07 Å². The molecule has 0 heterocycles. The first kappa shape index (κ1) is 17.4. The molecule has 0 aliphatic carbocycles. The number of carboxylic acids is 1. The lowest BCUT2D eigenvalue weighted by atomic mass is 10.1. The monoisotopic (exact) mass is 316 g/mol. The number of nitrogens with one attached hydrogen (secondary N) is 1. The van der Waals surface area contributed by atoms with Gasteiger partial charge in [-0.05, 0) is 31.5 Å². The molecule has 1 rings (SSSR count). The Labute approximate surface area is 124 Å². The van der Waals surface area contributed by atoms with Crippen LogP contribution in [0.5, 0.6) is 0 Å². The molecule has 8 heteroatoms. The van der Waals surface area contributed by atoms with Crippen molar-refractivity contribution < 1.29 is 23.4 Å². The summed E-state index contributed by atoms with van der Waals surface area (Å²) in [4.78, 5) is 12.6. The molecule has 21 heavy (non-hydrogen) atoms. The summed E-state index contributed by atoms with van der Waals surface area (Å²) in [6.45, 7) is 2.27. The average Bonchev–Trinajstić information content (AvgIpc) is 2.36. The Morgan fingerprint density at radius 1 is 1.38 bits per heavy atom. The Morgan fingerprint density at radius 3 is 2.43 bits per heavy atom. The van der Waals surface area contributed by atoms with E-state index in [1.807, 2.05) is 6.92 Å². The van der Waals surface area contributed by atoms with Crippen LogP contribution in [0.1, 0.15) is 12.5 Å². The highest BCUT2D eigenvalue weighted by atomic mass is 32.2. The van der Waals surface area contributed by atoms with Crippen LogP contribution in [0.4, 0.5) is 5.69 Å². The molecule has 0 bridgehead atoms. The van der Waals surface area contributed by atoms with Crippen molar-refractivity contribution in [3.63, 3.8) is 0 Å². The van der Waals surface area contributed by atoms with Gasteiger partial charge < -0.3 is 15.1 Å². The summed E-state index contributed by atoms with van der Waals surface area (Å²) in [5, 5.41) is 18.3.